The molecule has 2 unspecified atom stereocenters. The number of aliphatic carboxylic acids is 1. The van der Waals surface area contributed by atoms with Crippen LogP contribution in [0.5, 0.6) is 0 Å². The number of carboxylic acid groups (broad SMARTS) is 1. The van der Waals surface area contributed by atoms with Crippen LogP contribution in [0.2, 0.25) is 0 Å². The van der Waals surface area contributed by atoms with Gasteiger partial charge >= 0.3 is 5.97 Å². The van der Waals surface area contributed by atoms with E-state index in [9.17, 15) is 58.5 Å². The molecule has 26 nitrogen and oxygen atoms in total. The fraction of sp³-hybridized carbons (Fsp3) is 0.472. The van der Waals surface area contributed by atoms with E-state index in [2.05, 4.69) is 119 Å². The van der Waals surface area contributed by atoms with Gasteiger partial charge in [0.05, 0.1) is 12.2 Å². The number of piperidine rings is 1. The number of nitrogens with two attached hydrogens (primary N) is 1. The van der Waals surface area contributed by atoms with Crippen molar-refractivity contribution in [3.8, 4) is 0 Å². The van der Waals surface area contributed by atoms with Crippen LogP contribution in [0.15, 0.2) is 116 Å². The predicted molar refractivity (Wildman–Crippen MR) is 385 cm³/mol. The molecule has 0 saturated carbocycles. The molecule has 1 aliphatic carbocycles. The molecule has 0 spiro atoms. The van der Waals surface area contributed by atoms with Crippen LogP contribution in [0.1, 0.15) is 106 Å². The number of aliphatic hydroxyl groups excluding tert-OH is 2. The van der Waals surface area contributed by atoms with E-state index in [1.54, 1.807) is 66.9 Å². The maximum atomic E-state index is 15.0. The molecule has 538 valence electrons. The van der Waals surface area contributed by atoms with Crippen molar-refractivity contribution in [3.63, 3.8) is 0 Å². The minimum absolute atomic E-state index is 0.0317. The monoisotopic (exact) mass is 1410 g/mol. The highest BCUT2D eigenvalue weighted by atomic mass is 32.1. The topological polar surface area (TPSA) is 400 Å². The second-order valence-corrected chi connectivity index (χ2v) is 26.8. The first-order valence-corrected chi connectivity index (χ1v) is 35.5. The standard InChI is InChI=1S/C72H95N13O13S2/c1-4-29-85-38-45(30-50-49-22-15-25-52-62(49)47(37-75-52)34-59(50)85)35-76-60(88)26-16-27-61(89)77-54(31-43-17-7-5-8-18-43)66(91)81-57(39-99)69(94)79-55(32-44-19-9-6-10-20-44)67(92)80-56(33-46-36-74-51-23-12-11-21-48(46)51)68(93)78-53(24-13-14-28-73)65(90)83-63(41(2)86)71(96)82-58(40-100)70(95)84-64(42(3)87)72(97)98/h5-12,15,17-23,25,36-37,41-42,45,50,53-59,63-64,74-75,86-87,99-100H,4,13-14,16,24,26-35,38-40,73H2,1-3H3,(H,76,88)(H,77,89)(H,78,93)(H,79,94)(H,80,92)(H,81,91)(H,82,96)(H,83,90)(H,84,95)(H,97,98)/t41-,42-,45+,50?,53+,54-,55+,56-,57+,58+,59?,63+,64+/m1/s1. The second kappa shape index (κ2) is 37.6. The lowest BCUT2D eigenvalue weighted by Gasteiger charge is -2.47. The summed E-state index contributed by atoms with van der Waals surface area (Å²) in [5.74, 6) is -8.62. The number of thiol groups is 2. The third-order valence-electron chi connectivity index (χ3n) is 18.5. The maximum absolute atomic E-state index is 15.0. The summed E-state index contributed by atoms with van der Waals surface area (Å²) in [6, 6.07) is 19.8. The number of amides is 9. The van der Waals surface area contributed by atoms with E-state index >= 15 is 4.79 Å². The van der Waals surface area contributed by atoms with E-state index in [1.165, 1.54) is 23.4 Å². The number of hydrogen-bond acceptors (Lipinski definition) is 16. The molecule has 6 aromatic rings. The number of hydrogen-bond donors (Lipinski definition) is 17. The Morgan fingerprint density at radius 1 is 0.570 bits per heavy atom. The Balaban J connectivity index is 0.935. The van der Waals surface area contributed by atoms with Gasteiger partial charge in [0.2, 0.25) is 53.2 Å². The summed E-state index contributed by atoms with van der Waals surface area (Å²) in [4.78, 5) is 148. The van der Waals surface area contributed by atoms with Gasteiger partial charge in [-0.2, -0.15) is 25.3 Å². The summed E-state index contributed by atoms with van der Waals surface area (Å²) >= 11 is 8.58. The van der Waals surface area contributed by atoms with Crippen LogP contribution < -0.4 is 53.6 Å². The molecule has 9 amide bonds. The average molecular weight is 1410 g/mol. The van der Waals surface area contributed by atoms with Gasteiger partial charge in [-0.3, -0.25) is 48.1 Å². The predicted octanol–water partition coefficient (Wildman–Crippen LogP) is 2.12. The molecule has 1 saturated heterocycles. The van der Waals surface area contributed by atoms with Gasteiger partial charge in [-0.1, -0.05) is 97.9 Å². The smallest absolute Gasteiger partial charge is 0.328 e. The molecule has 13 atom stereocenters. The summed E-state index contributed by atoms with van der Waals surface area (Å²) in [6.45, 7) is 7.07. The van der Waals surface area contributed by atoms with Gasteiger partial charge in [0.15, 0.2) is 6.04 Å². The van der Waals surface area contributed by atoms with Gasteiger partial charge in [-0.15, -0.1) is 0 Å². The Hall–Kier alpha value is -8.80. The van der Waals surface area contributed by atoms with E-state index in [0.29, 0.717) is 52.5 Å². The normalized spacial score (nSPS) is 18.0. The lowest BCUT2D eigenvalue weighted by molar-refractivity contribution is -0.145. The van der Waals surface area contributed by atoms with Crippen molar-refractivity contribution in [2.75, 3.05) is 37.7 Å². The number of aromatic amines is 2. The molecular formula is C72H95N13O13S2. The zero-order valence-corrected chi connectivity index (χ0v) is 58.3. The summed E-state index contributed by atoms with van der Waals surface area (Å²) in [5, 5.41) is 56.3. The fourth-order valence-electron chi connectivity index (χ4n) is 13.3. The Morgan fingerprint density at radius 2 is 1.09 bits per heavy atom. The average Bonchev–Trinajstić information content (AvgIpc) is 1.46. The number of nitrogens with one attached hydrogen (secondary N) is 11. The number of likely N-dealkylation sites (tertiary alicyclic amines) is 1. The summed E-state index contributed by atoms with van der Waals surface area (Å²) in [6.07, 6.45) is 4.19. The highest BCUT2D eigenvalue weighted by molar-refractivity contribution is 7.80. The zero-order valence-electron chi connectivity index (χ0n) is 56.5. The van der Waals surface area contributed by atoms with Crippen LogP contribution in [0.3, 0.4) is 0 Å². The van der Waals surface area contributed by atoms with Gasteiger partial charge < -0.3 is 78.9 Å². The molecule has 16 N–H and O–H groups in total. The minimum Gasteiger partial charge on any atom is -0.480 e. The highest BCUT2D eigenvalue weighted by Gasteiger charge is 2.42. The van der Waals surface area contributed by atoms with Gasteiger partial charge in [0.25, 0.3) is 0 Å². The van der Waals surface area contributed by atoms with Crippen LogP contribution >= 0.6 is 25.3 Å². The van der Waals surface area contributed by atoms with Crippen LogP contribution in [-0.2, 0) is 73.6 Å². The van der Waals surface area contributed by atoms with Crippen molar-refractivity contribution in [2.45, 2.75) is 170 Å². The van der Waals surface area contributed by atoms with E-state index < -0.39 is 114 Å². The van der Waals surface area contributed by atoms with E-state index in [4.69, 9.17) is 5.73 Å². The molecule has 28 heteroatoms. The first-order chi connectivity index (χ1) is 48.1. The molecule has 1 fully saturated rings. The summed E-state index contributed by atoms with van der Waals surface area (Å²) in [7, 11) is 0. The number of unbranched alkanes of at least 4 members (excludes halogenated alkanes) is 1. The molecule has 4 aromatic carbocycles. The van der Waals surface area contributed by atoms with Crippen molar-refractivity contribution in [1.82, 2.24) is 62.7 Å². The number of carbonyl (C=O) groups excluding carboxylic acids is 9. The number of carbonyl (C=O) groups is 10. The SMILES string of the molecule is CCCN1C[C@H](CNC(=O)CCCC(=O)N[C@H](Cc2ccccc2)C(=O)N[C@@H](CS)C(=O)N[C@@H](Cc2ccccc2)C(=O)N[C@H](Cc2c[nH]c3ccccc23)C(=O)N[C@@H](CCCCN)C(=O)N[C@H](C(=O)N[C@@H](CS)C(=O)N[C@H](C(=O)O)[C@@H](C)O)[C@@H](C)O)CC2c3cccc4[nH]cc(c34)CC21. The summed E-state index contributed by atoms with van der Waals surface area (Å²) in [5.41, 5.74) is 12.3. The number of para-hydroxylation sites is 1. The molecule has 2 aliphatic rings. The van der Waals surface area contributed by atoms with Crippen LogP contribution in [-0.4, -0.2) is 194 Å². The second-order valence-electron chi connectivity index (χ2n) is 26.0. The van der Waals surface area contributed by atoms with Crippen LogP contribution in [0, 0.1) is 5.92 Å². The van der Waals surface area contributed by atoms with Gasteiger partial charge in [-0.05, 0) is 118 Å². The lowest BCUT2D eigenvalue weighted by Crippen LogP contribution is -2.62. The minimum atomic E-state index is -1.75. The molecular weight excluding hydrogens is 1320 g/mol. The van der Waals surface area contributed by atoms with E-state index in [-0.39, 0.29) is 81.2 Å². The Bertz CT molecular complexity index is 3780. The first kappa shape index (κ1) is 76.9. The van der Waals surface area contributed by atoms with E-state index in [0.717, 1.165) is 44.8 Å². The number of rotatable bonds is 38. The van der Waals surface area contributed by atoms with Crippen molar-refractivity contribution in [1.29, 1.82) is 0 Å². The molecule has 1 aliphatic heterocycles. The molecule has 0 radical (unpaired) electrons. The highest BCUT2D eigenvalue weighted by Crippen LogP contribution is 2.45. The van der Waals surface area contributed by atoms with Gasteiger partial charge in [0, 0.05) is 103 Å². The number of H-pyrrole nitrogens is 2. The van der Waals surface area contributed by atoms with Crippen molar-refractivity contribution >= 4 is 106 Å². The van der Waals surface area contributed by atoms with Gasteiger partial charge in [0.1, 0.15) is 42.3 Å². The molecule has 0 bridgehead atoms. The number of aliphatic hydroxyl groups is 2. The van der Waals surface area contributed by atoms with E-state index in [1.807, 2.05) is 24.3 Å². The Morgan fingerprint density at radius 3 is 1.70 bits per heavy atom. The Labute approximate surface area is 592 Å². The van der Waals surface area contributed by atoms with Crippen molar-refractivity contribution in [2.24, 2.45) is 11.7 Å². The van der Waals surface area contributed by atoms with Crippen molar-refractivity contribution in [3.05, 3.63) is 143 Å². The first-order valence-electron chi connectivity index (χ1n) is 34.2. The number of carboxylic acids is 1. The van der Waals surface area contributed by atoms with Crippen LogP contribution in [0.4, 0.5) is 0 Å². The van der Waals surface area contributed by atoms with Crippen molar-refractivity contribution < 1.29 is 63.3 Å². The number of nitrogens with zero attached hydrogens (tertiary/aromatic N) is 1. The molecule has 2 aromatic heterocycles. The molecule has 8 rings (SSSR count). The molecule has 3 heterocycles. The molecule has 100 heavy (non-hydrogen) atoms. The van der Waals surface area contributed by atoms with Crippen LogP contribution in [0.25, 0.3) is 21.8 Å². The Kier molecular flexibility index (Phi) is 28.9. The fourth-order valence-corrected chi connectivity index (χ4v) is 13.8. The van der Waals surface area contributed by atoms with Gasteiger partial charge in [-0.25, -0.2) is 4.79 Å². The number of benzene rings is 4. The summed E-state index contributed by atoms with van der Waals surface area (Å²) < 4.78 is 0. The quantitative estimate of drug-likeness (QED) is 0.0195. The lowest BCUT2D eigenvalue weighted by atomic mass is 9.72. The third-order valence-corrected chi connectivity index (χ3v) is 19.2. The zero-order chi connectivity index (χ0) is 72.0. The number of fused-ring (bicyclic) bond motifs is 3. The third kappa shape index (κ3) is 21.1. The largest absolute Gasteiger partial charge is 0.480 e. The maximum Gasteiger partial charge on any atom is 0.328 e. The number of aromatic nitrogens is 2.